The molecule has 28 heavy (non-hydrogen) atoms. The summed E-state index contributed by atoms with van der Waals surface area (Å²) in [6, 6.07) is 27.9. The number of benzene rings is 3. The maximum atomic E-state index is 12.2. The maximum absolute atomic E-state index is 12.2. The number of amides is 1. The van der Waals surface area contributed by atoms with Crippen LogP contribution in [0.5, 0.6) is 0 Å². The maximum Gasteiger partial charge on any atom is 0.251 e. The summed E-state index contributed by atoms with van der Waals surface area (Å²) in [5, 5.41) is 2.93. The number of hydrogen-bond acceptors (Lipinski definition) is 2. The smallest absolute Gasteiger partial charge is 0.251 e. The molecule has 1 aliphatic carbocycles. The highest BCUT2D eigenvalue weighted by atomic mass is 16.1. The minimum Gasteiger partial charge on any atom is -0.322 e. The van der Waals surface area contributed by atoms with Crippen molar-refractivity contribution < 1.29 is 4.79 Å². The largest absolute Gasteiger partial charge is 0.322 e. The first-order valence-corrected chi connectivity index (χ1v) is 9.26. The van der Waals surface area contributed by atoms with E-state index in [1.54, 1.807) is 0 Å². The number of nitrogens with one attached hydrogen (secondary N) is 1. The number of allylic oxidation sites excluding steroid dienone is 3. The molecule has 136 valence electrons. The van der Waals surface area contributed by atoms with Gasteiger partial charge >= 0.3 is 0 Å². The third-order valence-electron chi connectivity index (χ3n) is 4.52. The molecule has 0 spiro atoms. The summed E-state index contributed by atoms with van der Waals surface area (Å²) in [4.78, 5) is 17.1. The zero-order valence-electron chi connectivity index (χ0n) is 15.4. The molecule has 1 amide bonds. The molecule has 0 bridgehead atoms. The fourth-order valence-corrected chi connectivity index (χ4v) is 3.06. The van der Waals surface area contributed by atoms with Crippen LogP contribution in [0.2, 0.25) is 0 Å². The van der Waals surface area contributed by atoms with Gasteiger partial charge in [-0.3, -0.25) is 4.79 Å². The molecule has 0 fully saturated rings. The SMILES string of the molecule is O=C(Nc1ccc(N=C(c2ccccc2)c2ccccc2)cc1)C1=CC=CC1. The quantitative estimate of drug-likeness (QED) is 0.581. The molecule has 0 heterocycles. The lowest BCUT2D eigenvalue weighted by Crippen LogP contribution is -2.13. The Morgan fingerprint density at radius 3 is 1.93 bits per heavy atom. The third kappa shape index (κ3) is 4.15. The number of nitrogens with zero attached hydrogens (tertiary/aromatic N) is 1. The average Bonchev–Trinajstić information content (AvgIpc) is 3.30. The Bertz CT molecular complexity index is 1010. The molecule has 4 rings (SSSR count). The highest BCUT2D eigenvalue weighted by Crippen LogP contribution is 2.21. The molecule has 3 nitrogen and oxygen atoms in total. The van der Waals surface area contributed by atoms with E-state index in [4.69, 9.17) is 4.99 Å². The number of aliphatic imine (C=N–C) groups is 1. The van der Waals surface area contributed by atoms with Crippen LogP contribution in [-0.4, -0.2) is 11.6 Å². The lowest BCUT2D eigenvalue weighted by molar-refractivity contribution is -0.112. The summed E-state index contributed by atoms with van der Waals surface area (Å²) in [5.41, 5.74) is 5.41. The number of carbonyl (C=O) groups is 1. The molecular formula is C25H20N2O. The molecule has 1 aliphatic rings. The second-order valence-electron chi connectivity index (χ2n) is 6.52. The highest BCUT2D eigenvalue weighted by Gasteiger charge is 2.10. The second kappa shape index (κ2) is 8.31. The second-order valence-corrected chi connectivity index (χ2v) is 6.52. The first-order chi connectivity index (χ1) is 13.8. The van der Waals surface area contributed by atoms with E-state index in [0.717, 1.165) is 33.8 Å². The summed E-state index contributed by atoms with van der Waals surface area (Å²) < 4.78 is 0. The number of anilines is 1. The van der Waals surface area contributed by atoms with Gasteiger partial charge < -0.3 is 5.32 Å². The lowest BCUT2D eigenvalue weighted by Gasteiger charge is -2.09. The Balaban J connectivity index is 1.59. The van der Waals surface area contributed by atoms with Gasteiger partial charge in [0.2, 0.25) is 0 Å². The normalized spacial score (nSPS) is 12.4. The van der Waals surface area contributed by atoms with E-state index < -0.39 is 0 Å². The first kappa shape index (κ1) is 17.7. The number of carbonyl (C=O) groups excluding carboxylic acids is 1. The summed E-state index contributed by atoms with van der Waals surface area (Å²) in [6.07, 6.45) is 6.41. The van der Waals surface area contributed by atoms with Crippen LogP contribution in [-0.2, 0) is 4.79 Å². The summed E-state index contributed by atoms with van der Waals surface area (Å²) in [7, 11) is 0. The Kier molecular flexibility index (Phi) is 5.25. The van der Waals surface area contributed by atoms with Crippen molar-refractivity contribution in [3.05, 3.63) is 120 Å². The van der Waals surface area contributed by atoms with Crippen LogP contribution in [0, 0.1) is 0 Å². The Morgan fingerprint density at radius 2 is 1.39 bits per heavy atom. The summed E-state index contributed by atoms with van der Waals surface area (Å²) in [6.45, 7) is 0. The lowest BCUT2D eigenvalue weighted by atomic mass is 10.0. The van der Waals surface area contributed by atoms with Gasteiger partial charge in [0, 0.05) is 22.4 Å². The van der Waals surface area contributed by atoms with E-state index in [-0.39, 0.29) is 5.91 Å². The monoisotopic (exact) mass is 364 g/mol. The van der Waals surface area contributed by atoms with Gasteiger partial charge in [0.1, 0.15) is 0 Å². The van der Waals surface area contributed by atoms with Gasteiger partial charge in [-0.2, -0.15) is 0 Å². The van der Waals surface area contributed by atoms with Crippen LogP contribution in [0.15, 0.2) is 114 Å². The summed E-state index contributed by atoms with van der Waals surface area (Å²) in [5.74, 6) is -0.0597. The van der Waals surface area contributed by atoms with Crippen molar-refractivity contribution in [2.75, 3.05) is 5.32 Å². The standard InChI is InChI=1S/C25H20N2O/c28-25(21-13-7-8-14-21)27-23-17-15-22(16-18-23)26-24(19-9-3-1-4-10-19)20-11-5-2-6-12-20/h1-13,15-18H,14H2,(H,27,28). The molecule has 0 saturated heterocycles. The van der Waals surface area contributed by atoms with Crippen LogP contribution < -0.4 is 5.32 Å². The molecule has 0 aliphatic heterocycles. The molecule has 0 aromatic heterocycles. The first-order valence-electron chi connectivity index (χ1n) is 9.26. The van der Waals surface area contributed by atoms with E-state index in [1.807, 2.05) is 78.9 Å². The fourth-order valence-electron chi connectivity index (χ4n) is 3.06. The topological polar surface area (TPSA) is 41.5 Å². The molecule has 1 N–H and O–H groups in total. The minimum absolute atomic E-state index is 0.0597. The van der Waals surface area contributed by atoms with Gasteiger partial charge in [-0.05, 0) is 30.7 Å². The predicted molar refractivity (Wildman–Crippen MR) is 115 cm³/mol. The van der Waals surface area contributed by atoms with Crippen LogP contribution in [0.25, 0.3) is 0 Å². The number of hydrogen-bond donors (Lipinski definition) is 1. The zero-order valence-corrected chi connectivity index (χ0v) is 15.4. The van der Waals surface area contributed by atoms with Crippen molar-refractivity contribution >= 4 is 23.0 Å². The van der Waals surface area contributed by atoms with E-state index in [1.165, 1.54) is 0 Å². The van der Waals surface area contributed by atoms with E-state index in [0.29, 0.717) is 6.42 Å². The fraction of sp³-hybridized carbons (Fsp3) is 0.0400. The van der Waals surface area contributed by atoms with Crippen molar-refractivity contribution in [1.82, 2.24) is 0 Å². The predicted octanol–water partition coefficient (Wildman–Crippen LogP) is 5.68. The van der Waals surface area contributed by atoms with Crippen molar-refractivity contribution in [3.8, 4) is 0 Å². The summed E-state index contributed by atoms with van der Waals surface area (Å²) >= 11 is 0. The van der Waals surface area contributed by atoms with Crippen molar-refractivity contribution in [3.63, 3.8) is 0 Å². The number of rotatable bonds is 5. The minimum atomic E-state index is -0.0597. The molecule has 0 radical (unpaired) electrons. The van der Waals surface area contributed by atoms with E-state index in [2.05, 4.69) is 29.6 Å². The van der Waals surface area contributed by atoms with Gasteiger partial charge in [0.05, 0.1) is 11.4 Å². The molecule has 0 unspecified atom stereocenters. The van der Waals surface area contributed by atoms with E-state index >= 15 is 0 Å². The average molecular weight is 364 g/mol. The molecular weight excluding hydrogens is 344 g/mol. The molecule has 3 aromatic rings. The molecule has 0 atom stereocenters. The van der Waals surface area contributed by atoms with Gasteiger partial charge in [-0.25, -0.2) is 4.99 Å². The van der Waals surface area contributed by atoms with Crippen LogP contribution in [0.4, 0.5) is 11.4 Å². The van der Waals surface area contributed by atoms with Crippen LogP contribution >= 0.6 is 0 Å². The van der Waals surface area contributed by atoms with Crippen molar-refractivity contribution in [2.45, 2.75) is 6.42 Å². The Hall–Kier alpha value is -3.72. The van der Waals surface area contributed by atoms with Gasteiger partial charge in [-0.1, -0.05) is 78.9 Å². The molecule has 0 saturated carbocycles. The Morgan fingerprint density at radius 1 is 0.786 bits per heavy atom. The van der Waals surface area contributed by atoms with Gasteiger partial charge in [0.25, 0.3) is 5.91 Å². The Labute approximate surface area is 164 Å². The molecule has 3 aromatic carbocycles. The van der Waals surface area contributed by atoms with Crippen LogP contribution in [0.1, 0.15) is 17.5 Å². The zero-order chi connectivity index (χ0) is 19.2. The van der Waals surface area contributed by atoms with Gasteiger partial charge in [-0.15, -0.1) is 0 Å². The third-order valence-corrected chi connectivity index (χ3v) is 4.52. The van der Waals surface area contributed by atoms with Gasteiger partial charge in [0.15, 0.2) is 0 Å². The van der Waals surface area contributed by atoms with Crippen LogP contribution in [0.3, 0.4) is 0 Å². The van der Waals surface area contributed by atoms with E-state index in [9.17, 15) is 4.79 Å². The highest BCUT2D eigenvalue weighted by molar-refractivity contribution is 6.14. The molecule has 3 heteroatoms. The van der Waals surface area contributed by atoms with Crippen molar-refractivity contribution in [2.24, 2.45) is 4.99 Å². The van der Waals surface area contributed by atoms with Crippen molar-refractivity contribution in [1.29, 1.82) is 0 Å².